The van der Waals surface area contributed by atoms with E-state index in [2.05, 4.69) is 17.1 Å². The van der Waals surface area contributed by atoms with Crippen LogP contribution in [-0.2, 0) is 9.53 Å². The molecule has 0 radical (unpaired) electrons. The molecule has 0 saturated carbocycles. The van der Waals surface area contributed by atoms with Gasteiger partial charge in [0.2, 0.25) is 5.91 Å². The lowest BCUT2D eigenvalue weighted by molar-refractivity contribution is -0.122. The number of nitrogens with zero attached hydrogens (tertiary/aromatic N) is 1. The van der Waals surface area contributed by atoms with E-state index in [-0.39, 0.29) is 5.91 Å². The van der Waals surface area contributed by atoms with E-state index in [1.807, 2.05) is 0 Å². The number of aliphatic hydroxyl groups excluding tert-OH is 1. The van der Waals surface area contributed by atoms with E-state index in [9.17, 15) is 9.90 Å². The molecule has 5 heteroatoms. The van der Waals surface area contributed by atoms with Crippen LogP contribution in [0.2, 0.25) is 0 Å². The van der Waals surface area contributed by atoms with Gasteiger partial charge in [0.1, 0.15) is 0 Å². The monoisotopic (exact) mass is 258 g/mol. The number of carbonyl (C=O) groups is 1. The van der Waals surface area contributed by atoms with Crippen molar-refractivity contribution in [3.8, 4) is 0 Å². The van der Waals surface area contributed by atoms with Gasteiger partial charge in [-0.25, -0.2) is 0 Å². The van der Waals surface area contributed by atoms with Crippen LogP contribution in [0.5, 0.6) is 0 Å². The zero-order chi connectivity index (χ0) is 13.4. The van der Waals surface area contributed by atoms with E-state index < -0.39 is 6.10 Å². The summed E-state index contributed by atoms with van der Waals surface area (Å²) in [6, 6.07) is 0. The zero-order valence-corrected chi connectivity index (χ0v) is 11.5. The predicted molar refractivity (Wildman–Crippen MR) is 70.3 cm³/mol. The molecule has 1 saturated heterocycles. The van der Waals surface area contributed by atoms with Crippen LogP contribution in [0.4, 0.5) is 0 Å². The van der Waals surface area contributed by atoms with Gasteiger partial charge in [0.25, 0.3) is 0 Å². The first-order valence-corrected chi connectivity index (χ1v) is 6.78. The Morgan fingerprint density at radius 2 is 2.17 bits per heavy atom. The summed E-state index contributed by atoms with van der Waals surface area (Å²) in [4.78, 5) is 13.6. The molecule has 1 heterocycles. The highest BCUT2D eigenvalue weighted by Gasteiger charge is 2.18. The molecule has 1 rings (SSSR count). The summed E-state index contributed by atoms with van der Waals surface area (Å²) in [5.74, 6) is 0.732. The van der Waals surface area contributed by atoms with Gasteiger partial charge >= 0.3 is 0 Å². The largest absolute Gasteiger partial charge is 0.390 e. The highest BCUT2D eigenvalue weighted by molar-refractivity contribution is 5.75. The van der Waals surface area contributed by atoms with Crippen LogP contribution in [0.25, 0.3) is 0 Å². The predicted octanol–water partition coefficient (Wildman–Crippen LogP) is 0.232. The van der Waals surface area contributed by atoms with Crippen molar-refractivity contribution in [2.45, 2.75) is 32.3 Å². The van der Waals surface area contributed by atoms with Crippen molar-refractivity contribution in [3.05, 3.63) is 0 Å². The van der Waals surface area contributed by atoms with Crippen LogP contribution in [-0.4, -0.2) is 61.9 Å². The van der Waals surface area contributed by atoms with Gasteiger partial charge in [0, 0.05) is 26.6 Å². The SMILES string of the molecule is COCCC(=O)NCC(O)CN1CCC(C)CC1. The fourth-order valence-electron chi connectivity index (χ4n) is 2.12. The molecule has 18 heavy (non-hydrogen) atoms. The van der Waals surface area contributed by atoms with E-state index >= 15 is 0 Å². The number of carbonyl (C=O) groups excluding carboxylic acids is 1. The van der Waals surface area contributed by atoms with Gasteiger partial charge in [0.05, 0.1) is 12.7 Å². The summed E-state index contributed by atoms with van der Waals surface area (Å²) < 4.78 is 4.82. The molecule has 0 aliphatic carbocycles. The first kappa shape index (κ1) is 15.4. The Labute approximate surface area is 109 Å². The zero-order valence-electron chi connectivity index (χ0n) is 11.5. The lowest BCUT2D eigenvalue weighted by Crippen LogP contribution is -2.43. The minimum absolute atomic E-state index is 0.0665. The molecule has 106 valence electrons. The number of rotatable bonds is 7. The minimum atomic E-state index is -0.482. The summed E-state index contributed by atoms with van der Waals surface area (Å²) in [6.07, 6.45) is 2.27. The molecule has 1 aliphatic heterocycles. The van der Waals surface area contributed by atoms with Gasteiger partial charge in [-0.1, -0.05) is 6.92 Å². The van der Waals surface area contributed by atoms with E-state index in [4.69, 9.17) is 4.74 Å². The number of likely N-dealkylation sites (tertiary alicyclic amines) is 1. The second-order valence-corrected chi connectivity index (χ2v) is 5.18. The van der Waals surface area contributed by atoms with Crippen molar-refractivity contribution in [3.63, 3.8) is 0 Å². The standard InChI is InChI=1S/C13H26N2O3/c1-11-3-6-15(7-4-11)10-12(16)9-14-13(17)5-8-18-2/h11-12,16H,3-10H2,1-2H3,(H,14,17). The van der Waals surface area contributed by atoms with Crippen LogP contribution in [0.15, 0.2) is 0 Å². The molecule has 0 spiro atoms. The fraction of sp³-hybridized carbons (Fsp3) is 0.923. The number of nitrogens with one attached hydrogen (secondary N) is 1. The Hall–Kier alpha value is -0.650. The van der Waals surface area contributed by atoms with Gasteiger partial charge in [-0.3, -0.25) is 4.79 Å². The molecular formula is C13H26N2O3. The average molecular weight is 258 g/mol. The molecule has 0 aromatic rings. The van der Waals surface area contributed by atoms with Crippen LogP contribution < -0.4 is 5.32 Å². The van der Waals surface area contributed by atoms with Gasteiger partial charge in [0.15, 0.2) is 0 Å². The molecule has 1 aliphatic rings. The van der Waals surface area contributed by atoms with Crippen LogP contribution in [0.1, 0.15) is 26.2 Å². The van der Waals surface area contributed by atoms with Crippen molar-refractivity contribution in [1.82, 2.24) is 10.2 Å². The highest BCUT2D eigenvalue weighted by atomic mass is 16.5. The normalized spacial score (nSPS) is 19.7. The maximum atomic E-state index is 11.3. The number of ether oxygens (including phenoxy) is 1. The van der Waals surface area contributed by atoms with Gasteiger partial charge in [-0.2, -0.15) is 0 Å². The number of piperidine rings is 1. The number of amides is 1. The quantitative estimate of drug-likeness (QED) is 0.686. The Kier molecular flexibility index (Phi) is 7.23. The van der Waals surface area contributed by atoms with E-state index in [1.165, 1.54) is 12.8 Å². The summed E-state index contributed by atoms with van der Waals surface area (Å²) in [5, 5.41) is 12.6. The minimum Gasteiger partial charge on any atom is -0.390 e. The Morgan fingerprint density at radius 3 is 2.78 bits per heavy atom. The van der Waals surface area contributed by atoms with E-state index in [0.717, 1.165) is 19.0 Å². The first-order chi connectivity index (χ1) is 8.61. The molecule has 1 amide bonds. The lowest BCUT2D eigenvalue weighted by Gasteiger charge is -2.31. The number of β-amino-alcohol motifs (C(OH)–C–C–N with tert-alkyl or cyclic N) is 1. The van der Waals surface area contributed by atoms with Crippen molar-refractivity contribution >= 4 is 5.91 Å². The second-order valence-electron chi connectivity index (χ2n) is 5.18. The Bertz CT molecular complexity index is 240. The maximum absolute atomic E-state index is 11.3. The molecule has 0 bridgehead atoms. The number of methoxy groups -OCH3 is 1. The summed E-state index contributed by atoms with van der Waals surface area (Å²) in [7, 11) is 1.57. The molecule has 1 fully saturated rings. The maximum Gasteiger partial charge on any atom is 0.222 e. The Balaban J connectivity index is 2.09. The third-order valence-electron chi connectivity index (χ3n) is 3.41. The first-order valence-electron chi connectivity index (χ1n) is 6.78. The van der Waals surface area contributed by atoms with Crippen molar-refractivity contribution in [2.75, 3.05) is 39.9 Å². The van der Waals surface area contributed by atoms with Crippen LogP contribution >= 0.6 is 0 Å². The Morgan fingerprint density at radius 1 is 1.50 bits per heavy atom. The topological polar surface area (TPSA) is 61.8 Å². The number of aliphatic hydroxyl groups is 1. The van der Waals surface area contributed by atoms with E-state index in [0.29, 0.717) is 26.1 Å². The van der Waals surface area contributed by atoms with Crippen molar-refractivity contribution < 1.29 is 14.6 Å². The molecule has 0 aromatic carbocycles. The van der Waals surface area contributed by atoms with Gasteiger partial charge < -0.3 is 20.1 Å². The fourth-order valence-corrected chi connectivity index (χ4v) is 2.12. The smallest absolute Gasteiger partial charge is 0.222 e. The molecule has 0 aromatic heterocycles. The summed E-state index contributed by atoms with van der Waals surface area (Å²) in [6.45, 7) is 5.77. The third-order valence-corrected chi connectivity index (χ3v) is 3.41. The summed E-state index contributed by atoms with van der Waals surface area (Å²) >= 11 is 0. The molecule has 1 atom stereocenters. The second kappa shape index (κ2) is 8.45. The van der Waals surface area contributed by atoms with Gasteiger partial charge in [-0.15, -0.1) is 0 Å². The highest BCUT2D eigenvalue weighted by Crippen LogP contribution is 2.15. The molecular weight excluding hydrogens is 232 g/mol. The molecule has 1 unspecified atom stereocenters. The van der Waals surface area contributed by atoms with E-state index in [1.54, 1.807) is 7.11 Å². The van der Waals surface area contributed by atoms with Gasteiger partial charge in [-0.05, 0) is 31.8 Å². The lowest BCUT2D eigenvalue weighted by atomic mass is 9.99. The van der Waals surface area contributed by atoms with Crippen molar-refractivity contribution in [2.24, 2.45) is 5.92 Å². The average Bonchev–Trinajstić information content (AvgIpc) is 2.36. The number of hydrogen-bond donors (Lipinski definition) is 2. The molecule has 5 nitrogen and oxygen atoms in total. The van der Waals surface area contributed by atoms with Crippen molar-refractivity contribution in [1.29, 1.82) is 0 Å². The molecule has 2 N–H and O–H groups in total. The summed E-state index contributed by atoms with van der Waals surface area (Å²) in [5.41, 5.74) is 0. The number of hydrogen-bond acceptors (Lipinski definition) is 4. The van der Waals surface area contributed by atoms with Crippen LogP contribution in [0.3, 0.4) is 0 Å². The third kappa shape index (κ3) is 6.33. The van der Waals surface area contributed by atoms with Crippen LogP contribution in [0, 0.1) is 5.92 Å².